The molecule has 2 N–H and O–H groups in total. The van der Waals surface area contributed by atoms with Crippen LogP contribution in [-0.4, -0.2) is 32.8 Å². The third kappa shape index (κ3) is 3.84. The van der Waals surface area contributed by atoms with Gasteiger partial charge in [0.1, 0.15) is 13.2 Å². The van der Waals surface area contributed by atoms with Crippen LogP contribution in [-0.2, 0) is 14.8 Å². The number of hydrogen-bond donors (Lipinski definition) is 2. The number of amides is 1. The minimum absolute atomic E-state index is 0.0755. The van der Waals surface area contributed by atoms with Crippen molar-refractivity contribution in [2.75, 3.05) is 23.3 Å². The Hall–Kier alpha value is -2.39. The van der Waals surface area contributed by atoms with Crippen molar-refractivity contribution in [3.8, 4) is 11.5 Å². The zero-order valence-corrected chi connectivity index (χ0v) is 16.2. The minimum atomic E-state index is -3.82. The summed E-state index contributed by atoms with van der Waals surface area (Å²) in [6.07, 6.45) is 0.386. The average Bonchev–Trinajstić information content (AvgIpc) is 2.76. The molecular formula is C18H18N2O5S2. The van der Waals surface area contributed by atoms with Crippen LogP contribution in [0.2, 0.25) is 0 Å². The fourth-order valence-corrected chi connectivity index (χ4v) is 5.05. The lowest BCUT2D eigenvalue weighted by molar-refractivity contribution is -0.116. The molecule has 2 aliphatic rings. The maximum absolute atomic E-state index is 12.8. The molecule has 0 saturated heterocycles. The van der Waals surface area contributed by atoms with Gasteiger partial charge in [0, 0.05) is 22.6 Å². The second-order valence-corrected chi connectivity index (χ2v) is 9.47. The lowest BCUT2D eigenvalue weighted by atomic mass is 10.3. The molecule has 0 saturated carbocycles. The number of ether oxygens (including phenoxy) is 2. The van der Waals surface area contributed by atoms with Gasteiger partial charge in [0.25, 0.3) is 10.0 Å². The number of hydrogen-bond acceptors (Lipinski definition) is 6. The smallest absolute Gasteiger partial charge is 0.261 e. The van der Waals surface area contributed by atoms with E-state index in [2.05, 4.69) is 10.0 Å². The molecule has 0 fully saturated rings. The van der Waals surface area contributed by atoms with Crippen molar-refractivity contribution in [1.82, 2.24) is 0 Å². The molecule has 7 nitrogen and oxygen atoms in total. The summed E-state index contributed by atoms with van der Waals surface area (Å²) in [5, 5.41) is 2.91. The normalized spacial score (nSPS) is 18.9. The van der Waals surface area contributed by atoms with Crippen LogP contribution in [0.5, 0.6) is 11.5 Å². The number of carbonyl (C=O) groups is 1. The van der Waals surface area contributed by atoms with E-state index in [-0.39, 0.29) is 16.1 Å². The van der Waals surface area contributed by atoms with Crippen LogP contribution in [0.25, 0.3) is 0 Å². The van der Waals surface area contributed by atoms with E-state index in [1.807, 2.05) is 6.92 Å². The van der Waals surface area contributed by atoms with E-state index in [1.165, 1.54) is 12.1 Å². The van der Waals surface area contributed by atoms with Gasteiger partial charge in [-0.2, -0.15) is 0 Å². The van der Waals surface area contributed by atoms with E-state index < -0.39 is 10.0 Å². The maximum Gasteiger partial charge on any atom is 0.261 e. The summed E-state index contributed by atoms with van der Waals surface area (Å²) in [5.41, 5.74) is 0.889. The molecule has 1 atom stereocenters. The second-order valence-electron chi connectivity index (χ2n) is 6.30. The number of thioether (sulfide) groups is 1. The molecule has 1 unspecified atom stereocenters. The van der Waals surface area contributed by atoms with E-state index >= 15 is 0 Å². The molecule has 1 amide bonds. The maximum atomic E-state index is 12.8. The van der Waals surface area contributed by atoms with Gasteiger partial charge in [-0.15, -0.1) is 11.8 Å². The summed E-state index contributed by atoms with van der Waals surface area (Å²) in [5.74, 6) is 0.965. The minimum Gasteiger partial charge on any atom is -0.486 e. The lowest BCUT2D eigenvalue weighted by Crippen LogP contribution is -2.17. The molecule has 0 aromatic heterocycles. The third-order valence-corrected chi connectivity index (χ3v) is 6.69. The zero-order valence-electron chi connectivity index (χ0n) is 14.5. The monoisotopic (exact) mass is 406 g/mol. The molecule has 0 spiro atoms. The van der Waals surface area contributed by atoms with Gasteiger partial charge >= 0.3 is 0 Å². The molecular weight excluding hydrogens is 388 g/mol. The Morgan fingerprint density at radius 1 is 1.11 bits per heavy atom. The predicted octanol–water partition coefficient (Wildman–Crippen LogP) is 3.08. The Bertz CT molecular complexity index is 1010. The van der Waals surface area contributed by atoms with Gasteiger partial charge in [-0.05, 0) is 30.3 Å². The highest BCUT2D eigenvalue weighted by atomic mass is 32.2. The van der Waals surface area contributed by atoms with Crippen molar-refractivity contribution in [2.24, 2.45) is 0 Å². The van der Waals surface area contributed by atoms with Crippen LogP contribution in [0.3, 0.4) is 0 Å². The Kier molecular flexibility index (Phi) is 4.65. The molecule has 2 aliphatic heterocycles. The van der Waals surface area contributed by atoms with Crippen molar-refractivity contribution in [3.05, 3.63) is 36.4 Å². The third-order valence-electron chi connectivity index (χ3n) is 4.13. The summed E-state index contributed by atoms with van der Waals surface area (Å²) in [6.45, 7) is 2.85. The summed E-state index contributed by atoms with van der Waals surface area (Å²) in [6, 6.07) is 9.62. The number of anilines is 2. The first-order valence-corrected chi connectivity index (χ1v) is 10.8. The first kappa shape index (κ1) is 18.0. The fraction of sp³-hybridized carbons (Fsp3) is 0.278. The largest absolute Gasteiger partial charge is 0.486 e. The lowest BCUT2D eigenvalue weighted by Gasteiger charge is -2.19. The Balaban J connectivity index is 1.62. The number of fused-ring (bicyclic) bond motifs is 2. The van der Waals surface area contributed by atoms with Gasteiger partial charge < -0.3 is 14.8 Å². The van der Waals surface area contributed by atoms with E-state index in [1.54, 1.807) is 36.0 Å². The summed E-state index contributed by atoms with van der Waals surface area (Å²) < 4.78 is 39.0. The highest BCUT2D eigenvalue weighted by Gasteiger charge is 2.23. The molecule has 0 aliphatic carbocycles. The highest BCUT2D eigenvalue weighted by Crippen LogP contribution is 2.37. The Labute approximate surface area is 161 Å². The number of carbonyl (C=O) groups excluding carboxylic acids is 1. The molecule has 4 rings (SSSR count). The molecule has 2 heterocycles. The van der Waals surface area contributed by atoms with Gasteiger partial charge in [-0.3, -0.25) is 9.52 Å². The predicted molar refractivity (Wildman–Crippen MR) is 103 cm³/mol. The molecule has 9 heteroatoms. The van der Waals surface area contributed by atoms with Crippen molar-refractivity contribution in [3.63, 3.8) is 0 Å². The van der Waals surface area contributed by atoms with E-state index in [0.717, 1.165) is 4.90 Å². The van der Waals surface area contributed by atoms with Gasteiger partial charge in [-0.1, -0.05) is 6.92 Å². The SMILES string of the molecule is CC1CC(=O)Nc2cc(S(=O)(=O)Nc3ccc4c(c3)OCCO4)ccc2S1. The molecule has 142 valence electrons. The van der Waals surface area contributed by atoms with Crippen molar-refractivity contribution >= 4 is 39.1 Å². The number of rotatable bonds is 3. The van der Waals surface area contributed by atoms with Crippen LogP contribution in [0.1, 0.15) is 13.3 Å². The quantitative estimate of drug-likeness (QED) is 0.814. The van der Waals surface area contributed by atoms with Gasteiger partial charge in [0.15, 0.2) is 11.5 Å². The standard InChI is InChI=1S/C18H18N2O5S2/c1-11-8-18(21)19-14-10-13(3-5-17(14)26-11)27(22,23)20-12-2-4-15-16(9-12)25-7-6-24-15/h2-5,9-11,20H,6-8H2,1H3,(H,19,21). The Morgan fingerprint density at radius 3 is 2.70 bits per heavy atom. The van der Waals surface area contributed by atoms with Gasteiger partial charge in [-0.25, -0.2) is 8.42 Å². The first-order valence-electron chi connectivity index (χ1n) is 8.44. The van der Waals surface area contributed by atoms with Crippen molar-refractivity contribution in [1.29, 1.82) is 0 Å². The van der Waals surface area contributed by atoms with E-state index in [9.17, 15) is 13.2 Å². The summed E-state index contributed by atoms with van der Waals surface area (Å²) in [4.78, 5) is 12.9. The molecule has 0 radical (unpaired) electrons. The van der Waals surface area contributed by atoms with Crippen LogP contribution in [0.15, 0.2) is 46.2 Å². The fourth-order valence-electron chi connectivity index (χ4n) is 2.92. The highest BCUT2D eigenvalue weighted by molar-refractivity contribution is 8.00. The van der Waals surface area contributed by atoms with Gasteiger partial charge in [0.2, 0.25) is 5.91 Å². The molecule has 2 aromatic rings. The molecule has 27 heavy (non-hydrogen) atoms. The van der Waals surface area contributed by atoms with E-state index in [4.69, 9.17) is 9.47 Å². The number of benzene rings is 2. The molecule has 0 bridgehead atoms. The van der Waals surface area contributed by atoms with E-state index in [0.29, 0.717) is 42.5 Å². The second kappa shape index (κ2) is 6.97. The zero-order chi connectivity index (χ0) is 19.0. The number of sulfonamides is 1. The Morgan fingerprint density at radius 2 is 1.89 bits per heavy atom. The van der Waals surface area contributed by atoms with Crippen LogP contribution in [0.4, 0.5) is 11.4 Å². The summed E-state index contributed by atoms with van der Waals surface area (Å²) in [7, 11) is -3.82. The average molecular weight is 406 g/mol. The summed E-state index contributed by atoms with van der Waals surface area (Å²) >= 11 is 1.55. The topological polar surface area (TPSA) is 93.7 Å². The van der Waals surface area contributed by atoms with Crippen LogP contribution < -0.4 is 19.5 Å². The van der Waals surface area contributed by atoms with Crippen molar-refractivity contribution < 1.29 is 22.7 Å². The molecule has 2 aromatic carbocycles. The van der Waals surface area contributed by atoms with Crippen LogP contribution in [0, 0.1) is 0 Å². The van der Waals surface area contributed by atoms with Gasteiger partial charge in [0.05, 0.1) is 16.3 Å². The first-order chi connectivity index (χ1) is 12.9. The van der Waals surface area contributed by atoms with Crippen molar-refractivity contribution in [2.45, 2.75) is 28.4 Å². The number of nitrogens with one attached hydrogen (secondary N) is 2. The van der Waals surface area contributed by atoms with Crippen LogP contribution >= 0.6 is 11.8 Å².